The second-order valence-electron chi connectivity index (χ2n) is 5.94. The lowest BCUT2D eigenvalue weighted by molar-refractivity contribution is -0.124. The van der Waals surface area contributed by atoms with Crippen molar-refractivity contribution >= 4 is 23.0 Å². The Kier molecular flexibility index (Phi) is 3.72. The molecule has 2 aromatic rings. The smallest absolute Gasteiger partial charge is 0.269 e. The summed E-state index contributed by atoms with van der Waals surface area (Å²) in [5.74, 6) is -0.517. The van der Waals surface area contributed by atoms with E-state index < -0.39 is 11.6 Å². The number of methoxy groups -OCH3 is 1. The van der Waals surface area contributed by atoms with E-state index in [0.717, 1.165) is 6.07 Å². The highest BCUT2D eigenvalue weighted by atomic mass is 19.1. The molecule has 5 nitrogen and oxygen atoms in total. The third-order valence-electron chi connectivity index (χ3n) is 4.42. The van der Waals surface area contributed by atoms with Crippen LogP contribution >= 0.6 is 0 Å². The van der Waals surface area contributed by atoms with Crippen molar-refractivity contribution in [3.8, 4) is 5.75 Å². The second kappa shape index (κ2) is 5.94. The summed E-state index contributed by atoms with van der Waals surface area (Å²) in [6.45, 7) is 1.76. The minimum atomic E-state index is -0.696. The van der Waals surface area contributed by atoms with Crippen LogP contribution in [0.15, 0.2) is 53.2 Å². The van der Waals surface area contributed by atoms with Crippen LogP contribution in [0.3, 0.4) is 0 Å². The number of fused-ring (bicyclic) bond motifs is 1. The number of amidine groups is 1. The van der Waals surface area contributed by atoms with Crippen LogP contribution in [0.4, 0.5) is 14.5 Å². The highest BCUT2D eigenvalue weighted by Crippen LogP contribution is 2.39. The van der Waals surface area contributed by atoms with Crippen molar-refractivity contribution in [1.82, 2.24) is 5.01 Å². The predicted molar refractivity (Wildman–Crippen MR) is 93.6 cm³/mol. The van der Waals surface area contributed by atoms with Crippen molar-refractivity contribution in [3.05, 3.63) is 65.4 Å². The van der Waals surface area contributed by atoms with Crippen molar-refractivity contribution in [2.24, 2.45) is 4.99 Å². The minimum Gasteiger partial charge on any atom is -0.497 e. The van der Waals surface area contributed by atoms with Crippen LogP contribution < -0.4 is 9.75 Å². The summed E-state index contributed by atoms with van der Waals surface area (Å²) >= 11 is 0. The molecule has 7 heteroatoms. The van der Waals surface area contributed by atoms with Crippen LogP contribution in [-0.2, 0) is 4.79 Å². The number of carbonyl (C=O) groups is 1. The molecule has 0 bridgehead atoms. The molecular weight excluding hydrogens is 340 g/mol. The number of benzene rings is 2. The quantitative estimate of drug-likeness (QED) is 0.848. The van der Waals surface area contributed by atoms with E-state index in [1.54, 1.807) is 43.3 Å². The zero-order chi connectivity index (χ0) is 18.4. The van der Waals surface area contributed by atoms with Crippen molar-refractivity contribution in [2.75, 3.05) is 18.7 Å². The number of amides is 1. The fourth-order valence-electron chi connectivity index (χ4n) is 3.24. The Hall–Kier alpha value is -3.22. The normalized spacial score (nSPS) is 16.3. The molecule has 0 atom stereocenters. The average Bonchev–Trinajstić information content (AvgIpc) is 3.13. The number of nitrogens with zero attached hydrogens (tertiary/aromatic N) is 3. The molecule has 0 unspecified atom stereocenters. The van der Waals surface area contributed by atoms with Gasteiger partial charge in [-0.25, -0.2) is 13.8 Å². The van der Waals surface area contributed by atoms with Gasteiger partial charge in [0.1, 0.15) is 23.9 Å². The number of aliphatic imine (C=N–C) groups is 1. The van der Waals surface area contributed by atoms with E-state index in [-0.39, 0.29) is 18.0 Å². The minimum absolute atomic E-state index is 0.0123. The Bertz CT molecular complexity index is 967. The molecule has 4 rings (SSSR count). The van der Waals surface area contributed by atoms with E-state index in [0.29, 0.717) is 28.5 Å². The number of hydrogen-bond acceptors (Lipinski definition) is 4. The van der Waals surface area contributed by atoms with Gasteiger partial charge >= 0.3 is 0 Å². The summed E-state index contributed by atoms with van der Waals surface area (Å²) in [5, 5.41) is 3.11. The third-order valence-corrected chi connectivity index (χ3v) is 4.42. The molecule has 1 amide bonds. The molecule has 2 aromatic carbocycles. The molecule has 0 aromatic heterocycles. The zero-order valence-corrected chi connectivity index (χ0v) is 14.2. The van der Waals surface area contributed by atoms with Gasteiger partial charge in [-0.2, -0.15) is 5.01 Å². The number of allylic oxidation sites excluding steroid dienone is 1. The Balaban J connectivity index is 1.87. The van der Waals surface area contributed by atoms with E-state index in [4.69, 9.17) is 4.74 Å². The van der Waals surface area contributed by atoms with E-state index in [9.17, 15) is 13.6 Å². The number of ether oxygens (including phenoxy) is 1. The van der Waals surface area contributed by atoms with Gasteiger partial charge in [0.05, 0.1) is 18.4 Å². The lowest BCUT2D eigenvalue weighted by Crippen LogP contribution is -2.42. The predicted octanol–water partition coefficient (Wildman–Crippen LogP) is 3.38. The van der Waals surface area contributed by atoms with Crippen LogP contribution in [0.1, 0.15) is 12.5 Å². The highest BCUT2D eigenvalue weighted by molar-refractivity contribution is 6.33. The highest BCUT2D eigenvalue weighted by Gasteiger charge is 2.42. The third kappa shape index (κ3) is 2.35. The number of halogens is 2. The zero-order valence-electron chi connectivity index (χ0n) is 14.2. The molecule has 132 valence electrons. The SMILES string of the molecule is COc1ccc(N2C(C)=C(c3ccc(F)cc3F)C3=NCC(=O)N32)cc1. The van der Waals surface area contributed by atoms with Crippen LogP contribution in [0.2, 0.25) is 0 Å². The summed E-state index contributed by atoms with van der Waals surface area (Å²) < 4.78 is 32.9. The fourth-order valence-corrected chi connectivity index (χ4v) is 3.24. The molecule has 2 heterocycles. The Morgan fingerprint density at radius 2 is 1.81 bits per heavy atom. The number of carbonyl (C=O) groups excluding carboxylic acids is 1. The fraction of sp³-hybridized carbons (Fsp3) is 0.158. The van der Waals surface area contributed by atoms with Crippen LogP contribution in [-0.4, -0.2) is 30.4 Å². The molecule has 0 fully saturated rings. The molecule has 0 saturated heterocycles. The van der Waals surface area contributed by atoms with E-state index in [1.807, 2.05) is 0 Å². The summed E-state index contributed by atoms with van der Waals surface area (Å²) in [6.07, 6.45) is 0. The molecule has 2 aliphatic rings. The molecular formula is C19H15F2N3O2. The maximum Gasteiger partial charge on any atom is 0.269 e. The Labute approximate surface area is 148 Å². The summed E-state index contributed by atoms with van der Waals surface area (Å²) in [5.41, 5.74) is 2.03. The topological polar surface area (TPSA) is 45.1 Å². The lowest BCUT2D eigenvalue weighted by Gasteiger charge is -2.28. The van der Waals surface area contributed by atoms with Gasteiger partial charge in [-0.05, 0) is 43.3 Å². The first-order chi connectivity index (χ1) is 12.5. The number of anilines is 1. The number of hydrogen-bond donors (Lipinski definition) is 0. The van der Waals surface area contributed by atoms with Crippen molar-refractivity contribution in [3.63, 3.8) is 0 Å². The van der Waals surface area contributed by atoms with Crippen LogP contribution in [0.25, 0.3) is 5.57 Å². The first-order valence-electron chi connectivity index (χ1n) is 7.99. The van der Waals surface area contributed by atoms with Gasteiger partial charge in [-0.15, -0.1) is 0 Å². The molecule has 0 spiro atoms. The standard InChI is InChI=1S/C19H15F2N3O2/c1-11-18(15-8-3-12(20)9-16(15)21)19-22-10-17(25)24(19)23(11)13-4-6-14(26-2)7-5-13/h3-9H,10H2,1-2H3. The van der Waals surface area contributed by atoms with Crippen LogP contribution in [0, 0.1) is 11.6 Å². The van der Waals surface area contributed by atoms with Crippen molar-refractivity contribution in [1.29, 1.82) is 0 Å². The van der Waals surface area contributed by atoms with Crippen molar-refractivity contribution in [2.45, 2.75) is 6.92 Å². The van der Waals surface area contributed by atoms with E-state index >= 15 is 0 Å². The summed E-state index contributed by atoms with van der Waals surface area (Å²) in [6, 6.07) is 10.5. The van der Waals surface area contributed by atoms with Crippen LogP contribution in [0.5, 0.6) is 5.75 Å². The van der Waals surface area contributed by atoms with Gasteiger partial charge in [-0.3, -0.25) is 9.79 Å². The summed E-state index contributed by atoms with van der Waals surface area (Å²) in [7, 11) is 1.57. The van der Waals surface area contributed by atoms with E-state index in [2.05, 4.69) is 4.99 Å². The van der Waals surface area contributed by atoms with Gasteiger partial charge in [0.25, 0.3) is 5.91 Å². The maximum absolute atomic E-state index is 14.4. The average molecular weight is 355 g/mol. The monoisotopic (exact) mass is 355 g/mol. The van der Waals surface area contributed by atoms with Gasteiger partial charge < -0.3 is 4.74 Å². The number of rotatable bonds is 3. The molecule has 0 saturated carbocycles. The maximum atomic E-state index is 14.4. The number of hydrazine groups is 1. The second-order valence-corrected chi connectivity index (χ2v) is 5.94. The molecule has 26 heavy (non-hydrogen) atoms. The van der Waals surface area contributed by atoms with Gasteiger partial charge in [0.2, 0.25) is 0 Å². The van der Waals surface area contributed by atoms with E-state index in [1.165, 1.54) is 17.1 Å². The molecule has 0 N–H and O–H groups in total. The summed E-state index contributed by atoms with van der Waals surface area (Å²) in [4.78, 5) is 16.7. The molecule has 0 radical (unpaired) electrons. The molecule has 2 aliphatic heterocycles. The largest absolute Gasteiger partial charge is 0.497 e. The van der Waals surface area contributed by atoms with Gasteiger partial charge in [0, 0.05) is 17.3 Å². The lowest BCUT2D eigenvalue weighted by atomic mass is 10.0. The first kappa shape index (κ1) is 16.3. The Morgan fingerprint density at radius 1 is 1.08 bits per heavy atom. The van der Waals surface area contributed by atoms with Gasteiger partial charge in [0.15, 0.2) is 5.84 Å². The molecule has 0 aliphatic carbocycles. The van der Waals surface area contributed by atoms with Gasteiger partial charge in [-0.1, -0.05) is 0 Å². The van der Waals surface area contributed by atoms with Crippen molar-refractivity contribution < 1.29 is 18.3 Å². The Morgan fingerprint density at radius 3 is 2.46 bits per heavy atom. The first-order valence-corrected chi connectivity index (χ1v) is 7.99.